The van der Waals surface area contributed by atoms with Crippen LogP contribution >= 0.6 is 0 Å². The molecule has 4 heterocycles. The lowest BCUT2D eigenvalue weighted by molar-refractivity contribution is 0.109. The van der Waals surface area contributed by atoms with Crippen LogP contribution in [-0.4, -0.2) is 33.3 Å². The van der Waals surface area contributed by atoms with Crippen LogP contribution in [-0.2, 0) is 17.8 Å². The predicted octanol–water partition coefficient (Wildman–Crippen LogP) is 2.13. The van der Waals surface area contributed by atoms with Gasteiger partial charge in [-0.1, -0.05) is 12.1 Å². The first-order chi connectivity index (χ1) is 12.8. The summed E-state index contributed by atoms with van der Waals surface area (Å²) in [7, 11) is 0. The average Bonchev–Trinajstić information content (AvgIpc) is 3.17. The fourth-order valence-corrected chi connectivity index (χ4v) is 3.86. The van der Waals surface area contributed by atoms with Crippen LogP contribution < -0.4 is 10.5 Å². The summed E-state index contributed by atoms with van der Waals surface area (Å²) >= 11 is 0. The fourth-order valence-electron chi connectivity index (χ4n) is 3.86. The molecular formula is C19H19N5O2. The number of aromatic amines is 1. The van der Waals surface area contributed by atoms with Gasteiger partial charge in [0.05, 0.1) is 35.9 Å². The van der Waals surface area contributed by atoms with Gasteiger partial charge in [-0.15, -0.1) is 5.10 Å². The molecule has 7 heteroatoms. The summed E-state index contributed by atoms with van der Waals surface area (Å²) in [5.74, 6) is 1.52. The standard InChI is InChI=1S/C19H19N5O2/c25-19-13-4-1-2-5-15(13)20-18(21-19)16-6-3-8-24(16)17-10-12-11-26-9-7-14(12)22-23-17/h1-2,4-5,10,16H,3,6-9,11H2,(H,20,21,25). The molecule has 0 radical (unpaired) electrons. The smallest absolute Gasteiger partial charge is 0.258 e. The van der Waals surface area contributed by atoms with Crippen LogP contribution in [0.15, 0.2) is 35.1 Å². The molecule has 5 rings (SSSR count). The van der Waals surface area contributed by atoms with Crippen molar-refractivity contribution >= 4 is 16.7 Å². The van der Waals surface area contributed by atoms with Crippen molar-refractivity contribution in [3.05, 3.63) is 57.8 Å². The van der Waals surface area contributed by atoms with Gasteiger partial charge in [0.25, 0.3) is 5.56 Å². The molecule has 2 aliphatic heterocycles. The quantitative estimate of drug-likeness (QED) is 0.763. The molecule has 1 aromatic carbocycles. The van der Waals surface area contributed by atoms with Crippen molar-refractivity contribution in [2.45, 2.75) is 31.9 Å². The largest absolute Gasteiger partial charge is 0.376 e. The number of hydrogen-bond acceptors (Lipinski definition) is 6. The highest BCUT2D eigenvalue weighted by atomic mass is 16.5. The Labute approximate surface area is 150 Å². The van der Waals surface area contributed by atoms with Gasteiger partial charge in [0.15, 0.2) is 5.82 Å². The first-order valence-corrected chi connectivity index (χ1v) is 8.98. The third kappa shape index (κ3) is 2.55. The monoisotopic (exact) mass is 349 g/mol. The van der Waals surface area contributed by atoms with Crippen LogP contribution in [0, 0.1) is 0 Å². The van der Waals surface area contributed by atoms with Crippen molar-refractivity contribution in [2.75, 3.05) is 18.1 Å². The van der Waals surface area contributed by atoms with Crippen LogP contribution in [0.3, 0.4) is 0 Å². The van der Waals surface area contributed by atoms with Crippen LogP contribution in [0.4, 0.5) is 5.82 Å². The van der Waals surface area contributed by atoms with Crippen LogP contribution in [0.1, 0.15) is 36.0 Å². The Balaban J connectivity index is 1.54. The summed E-state index contributed by atoms with van der Waals surface area (Å²) < 4.78 is 5.54. The highest BCUT2D eigenvalue weighted by Crippen LogP contribution is 2.34. The van der Waals surface area contributed by atoms with Crippen LogP contribution in [0.25, 0.3) is 10.9 Å². The van der Waals surface area contributed by atoms with E-state index in [0.717, 1.165) is 48.4 Å². The molecule has 3 aromatic rings. The summed E-state index contributed by atoms with van der Waals surface area (Å²) in [6.07, 6.45) is 2.76. The van der Waals surface area contributed by atoms with E-state index in [1.165, 1.54) is 0 Å². The average molecular weight is 349 g/mol. The third-order valence-corrected chi connectivity index (χ3v) is 5.18. The Morgan fingerprint density at radius 1 is 1.23 bits per heavy atom. The molecule has 0 bridgehead atoms. The number of anilines is 1. The minimum atomic E-state index is -0.0950. The molecule has 26 heavy (non-hydrogen) atoms. The molecular weight excluding hydrogens is 330 g/mol. The molecule has 132 valence electrons. The maximum Gasteiger partial charge on any atom is 0.258 e. The normalized spacial score (nSPS) is 19.7. The van der Waals surface area contributed by atoms with Crippen LogP contribution in [0.5, 0.6) is 0 Å². The van der Waals surface area contributed by atoms with Crippen molar-refractivity contribution in [2.24, 2.45) is 0 Å². The van der Waals surface area contributed by atoms with Crippen LogP contribution in [0.2, 0.25) is 0 Å². The first-order valence-electron chi connectivity index (χ1n) is 8.98. The lowest BCUT2D eigenvalue weighted by Crippen LogP contribution is -2.28. The number of nitrogens with zero attached hydrogens (tertiary/aromatic N) is 4. The summed E-state index contributed by atoms with van der Waals surface area (Å²) in [5.41, 5.74) is 2.75. The van der Waals surface area contributed by atoms with E-state index in [0.29, 0.717) is 24.4 Å². The second-order valence-corrected chi connectivity index (χ2v) is 6.80. The number of ether oxygens (including phenoxy) is 1. The van der Waals surface area contributed by atoms with Crippen molar-refractivity contribution in [1.29, 1.82) is 0 Å². The summed E-state index contributed by atoms with van der Waals surface area (Å²) in [6.45, 7) is 2.16. The van der Waals surface area contributed by atoms with E-state index in [1.54, 1.807) is 6.07 Å². The molecule has 0 aliphatic carbocycles. The number of nitrogens with one attached hydrogen (secondary N) is 1. The third-order valence-electron chi connectivity index (χ3n) is 5.18. The minimum absolute atomic E-state index is 0.00386. The van der Waals surface area contributed by atoms with Gasteiger partial charge >= 0.3 is 0 Å². The number of fused-ring (bicyclic) bond motifs is 2. The molecule has 2 aliphatic rings. The molecule has 2 aromatic heterocycles. The molecule has 0 amide bonds. The number of rotatable bonds is 2. The lowest BCUT2D eigenvalue weighted by Gasteiger charge is -2.26. The molecule has 1 unspecified atom stereocenters. The van der Waals surface area contributed by atoms with E-state index < -0.39 is 0 Å². The van der Waals surface area contributed by atoms with E-state index in [2.05, 4.69) is 26.1 Å². The van der Waals surface area contributed by atoms with E-state index >= 15 is 0 Å². The maximum atomic E-state index is 12.4. The highest BCUT2D eigenvalue weighted by Gasteiger charge is 2.30. The van der Waals surface area contributed by atoms with Gasteiger partial charge in [-0.25, -0.2) is 4.98 Å². The first kappa shape index (κ1) is 15.5. The second-order valence-electron chi connectivity index (χ2n) is 6.80. The molecule has 1 fully saturated rings. The Kier molecular flexibility index (Phi) is 3.67. The molecule has 0 spiro atoms. The Morgan fingerprint density at radius 2 is 2.15 bits per heavy atom. The van der Waals surface area contributed by atoms with Gasteiger partial charge in [-0.3, -0.25) is 4.79 Å². The zero-order chi connectivity index (χ0) is 17.5. The molecule has 1 saturated heterocycles. The van der Waals surface area contributed by atoms with Crippen molar-refractivity contribution in [1.82, 2.24) is 20.2 Å². The number of benzene rings is 1. The van der Waals surface area contributed by atoms with Crippen molar-refractivity contribution < 1.29 is 4.74 Å². The predicted molar refractivity (Wildman–Crippen MR) is 97.1 cm³/mol. The lowest BCUT2D eigenvalue weighted by atomic mass is 10.1. The zero-order valence-corrected chi connectivity index (χ0v) is 14.3. The summed E-state index contributed by atoms with van der Waals surface area (Å²) in [5, 5.41) is 9.45. The van der Waals surface area contributed by atoms with Crippen molar-refractivity contribution in [3.8, 4) is 0 Å². The number of para-hydroxylation sites is 1. The van der Waals surface area contributed by atoms with Crippen molar-refractivity contribution in [3.63, 3.8) is 0 Å². The Hall–Kier alpha value is -2.80. The maximum absolute atomic E-state index is 12.4. The van der Waals surface area contributed by atoms with E-state index in [-0.39, 0.29) is 11.6 Å². The van der Waals surface area contributed by atoms with Gasteiger partial charge in [-0.05, 0) is 31.0 Å². The Bertz CT molecular complexity index is 1030. The van der Waals surface area contributed by atoms with Gasteiger partial charge in [0, 0.05) is 18.5 Å². The molecule has 0 saturated carbocycles. The van der Waals surface area contributed by atoms with Gasteiger partial charge in [0.1, 0.15) is 5.82 Å². The topological polar surface area (TPSA) is 84.0 Å². The number of H-pyrrole nitrogens is 1. The SMILES string of the molecule is O=c1[nH]c(C2CCCN2c2cc3c(nn2)CCOC3)nc2ccccc12. The summed E-state index contributed by atoms with van der Waals surface area (Å²) in [4.78, 5) is 22.3. The van der Waals surface area contributed by atoms with E-state index in [9.17, 15) is 4.79 Å². The fraction of sp³-hybridized carbons (Fsp3) is 0.368. The molecule has 7 nitrogen and oxygen atoms in total. The molecule has 1 N–H and O–H groups in total. The van der Waals surface area contributed by atoms with Gasteiger partial charge in [0.2, 0.25) is 0 Å². The second kappa shape index (κ2) is 6.17. The van der Waals surface area contributed by atoms with Gasteiger partial charge in [-0.2, -0.15) is 5.10 Å². The highest BCUT2D eigenvalue weighted by molar-refractivity contribution is 5.77. The zero-order valence-electron chi connectivity index (χ0n) is 14.3. The van der Waals surface area contributed by atoms with E-state index in [1.807, 2.05) is 18.2 Å². The minimum Gasteiger partial charge on any atom is -0.376 e. The van der Waals surface area contributed by atoms with E-state index in [4.69, 9.17) is 9.72 Å². The summed E-state index contributed by atoms with van der Waals surface area (Å²) in [6, 6.07) is 9.50. The Morgan fingerprint density at radius 3 is 3.12 bits per heavy atom. The van der Waals surface area contributed by atoms with Gasteiger partial charge < -0.3 is 14.6 Å². The number of aromatic nitrogens is 4. The number of hydrogen-bond donors (Lipinski definition) is 1. The molecule has 1 atom stereocenters.